The van der Waals surface area contributed by atoms with Crippen molar-refractivity contribution >= 4 is 12.0 Å². The molecule has 0 aliphatic carbocycles. The van der Waals surface area contributed by atoms with Crippen LogP contribution in [0.4, 0.5) is 0 Å². The highest BCUT2D eigenvalue weighted by molar-refractivity contribution is 5.91. The molecule has 1 aromatic rings. The van der Waals surface area contributed by atoms with Crippen LogP contribution in [0.15, 0.2) is 36.4 Å². The summed E-state index contributed by atoms with van der Waals surface area (Å²) in [7, 11) is 0. The Morgan fingerprint density at radius 2 is 1.83 bits per heavy atom. The Morgan fingerprint density at radius 1 is 1.17 bits per heavy atom. The molecule has 0 unspecified atom stereocenters. The lowest BCUT2D eigenvalue weighted by Gasteiger charge is -2.33. The minimum atomic E-state index is 0.120. The van der Waals surface area contributed by atoms with Gasteiger partial charge in [0.1, 0.15) is 0 Å². The van der Waals surface area contributed by atoms with E-state index in [1.54, 1.807) is 6.08 Å². The monoisotopic (exact) mass is 244 g/mol. The van der Waals surface area contributed by atoms with Crippen LogP contribution in [0.2, 0.25) is 0 Å². The van der Waals surface area contributed by atoms with E-state index >= 15 is 0 Å². The third kappa shape index (κ3) is 3.44. The van der Waals surface area contributed by atoms with E-state index < -0.39 is 0 Å². The third-order valence-electron chi connectivity index (χ3n) is 3.35. The second-order valence-electron chi connectivity index (χ2n) is 4.50. The van der Waals surface area contributed by atoms with Gasteiger partial charge in [-0.05, 0) is 18.2 Å². The van der Waals surface area contributed by atoms with Gasteiger partial charge in [0, 0.05) is 32.3 Å². The van der Waals surface area contributed by atoms with E-state index in [1.807, 2.05) is 41.3 Å². The van der Waals surface area contributed by atoms with Crippen molar-refractivity contribution in [1.82, 2.24) is 9.80 Å². The molecule has 18 heavy (non-hydrogen) atoms. The number of benzene rings is 1. The van der Waals surface area contributed by atoms with Gasteiger partial charge in [0.05, 0.1) is 0 Å². The van der Waals surface area contributed by atoms with E-state index in [0.717, 1.165) is 38.3 Å². The average Bonchev–Trinajstić information content (AvgIpc) is 2.46. The van der Waals surface area contributed by atoms with Gasteiger partial charge in [-0.2, -0.15) is 0 Å². The molecule has 1 aliphatic heterocycles. The smallest absolute Gasteiger partial charge is 0.246 e. The lowest BCUT2D eigenvalue weighted by Crippen LogP contribution is -2.48. The predicted molar refractivity (Wildman–Crippen MR) is 74.2 cm³/mol. The van der Waals surface area contributed by atoms with Crippen molar-refractivity contribution in [3.05, 3.63) is 42.0 Å². The molecule has 2 rings (SSSR count). The maximum Gasteiger partial charge on any atom is 0.246 e. The van der Waals surface area contributed by atoms with Gasteiger partial charge in [0.25, 0.3) is 0 Å². The molecule has 1 amide bonds. The van der Waals surface area contributed by atoms with Crippen molar-refractivity contribution < 1.29 is 4.79 Å². The quantitative estimate of drug-likeness (QED) is 0.758. The van der Waals surface area contributed by atoms with E-state index in [4.69, 9.17) is 0 Å². The summed E-state index contributed by atoms with van der Waals surface area (Å²) in [6.45, 7) is 6.88. The first kappa shape index (κ1) is 12.8. The van der Waals surface area contributed by atoms with Crippen LogP contribution < -0.4 is 0 Å². The standard InChI is InChI=1S/C15H20N2O/c1-2-16-10-12-17(13-11-16)15(18)9-8-14-6-4-3-5-7-14/h3-9H,2,10-13H2,1H3/b9-8+. The Balaban J connectivity index is 1.87. The highest BCUT2D eigenvalue weighted by Gasteiger charge is 2.17. The Morgan fingerprint density at radius 3 is 2.44 bits per heavy atom. The maximum absolute atomic E-state index is 12.0. The predicted octanol–water partition coefficient (Wildman–Crippen LogP) is 1.86. The first-order valence-electron chi connectivity index (χ1n) is 6.54. The fourth-order valence-corrected chi connectivity index (χ4v) is 2.12. The number of amides is 1. The van der Waals surface area contributed by atoms with Crippen LogP contribution in [-0.2, 0) is 4.79 Å². The van der Waals surface area contributed by atoms with Crippen molar-refractivity contribution in [3.63, 3.8) is 0 Å². The number of piperazine rings is 1. The van der Waals surface area contributed by atoms with Gasteiger partial charge < -0.3 is 9.80 Å². The fraction of sp³-hybridized carbons (Fsp3) is 0.400. The molecule has 0 aromatic heterocycles. The first-order chi connectivity index (χ1) is 8.79. The molecular formula is C15H20N2O. The fourth-order valence-electron chi connectivity index (χ4n) is 2.12. The number of likely N-dealkylation sites (N-methyl/N-ethyl adjacent to an activating group) is 1. The molecule has 0 spiro atoms. The van der Waals surface area contributed by atoms with Crippen molar-refractivity contribution in [3.8, 4) is 0 Å². The molecule has 0 atom stereocenters. The summed E-state index contributed by atoms with van der Waals surface area (Å²) in [5, 5.41) is 0. The van der Waals surface area contributed by atoms with E-state index in [1.165, 1.54) is 0 Å². The molecule has 96 valence electrons. The molecule has 0 bridgehead atoms. The summed E-state index contributed by atoms with van der Waals surface area (Å²) in [4.78, 5) is 16.3. The van der Waals surface area contributed by atoms with Gasteiger partial charge in [0.15, 0.2) is 0 Å². The van der Waals surface area contributed by atoms with E-state index in [9.17, 15) is 4.79 Å². The zero-order valence-corrected chi connectivity index (χ0v) is 10.9. The van der Waals surface area contributed by atoms with Crippen LogP contribution in [0.3, 0.4) is 0 Å². The number of rotatable bonds is 3. The van der Waals surface area contributed by atoms with Crippen molar-refractivity contribution in [2.75, 3.05) is 32.7 Å². The topological polar surface area (TPSA) is 23.6 Å². The molecule has 1 aromatic carbocycles. The molecule has 0 N–H and O–H groups in total. The number of carbonyl (C=O) groups excluding carboxylic acids is 1. The number of hydrogen-bond donors (Lipinski definition) is 0. The van der Waals surface area contributed by atoms with E-state index in [-0.39, 0.29) is 5.91 Å². The zero-order chi connectivity index (χ0) is 12.8. The van der Waals surface area contributed by atoms with Gasteiger partial charge >= 0.3 is 0 Å². The minimum absolute atomic E-state index is 0.120. The Bertz CT molecular complexity index is 406. The van der Waals surface area contributed by atoms with Crippen LogP contribution in [0, 0.1) is 0 Å². The van der Waals surface area contributed by atoms with Crippen LogP contribution in [-0.4, -0.2) is 48.4 Å². The van der Waals surface area contributed by atoms with E-state index in [2.05, 4.69) is 11.8 Å². The highest BCUT2D eigenvalue weighted by atomic mass is 16.2. The molecule has 3 heteroatoms. The van der Waals surface area contributed by atoms with Crippen molar-refractivity contribution in [2.24, 2.45) is 0 Å². The molecule has 1 fully saturated rings. The normalized spacial score (nSPS) is 17.3. The SMILES string of the molecule is CCN1CCN(C(=O)/C=C/c2ccccc2)CC1. The van der Waals surface area contributed by atoms with Gasteiger partial charge in [-0.15, -0.1) is 0 Å². The minimum Gasteiger partial charge on any atom is -0.337 e. The largest absolute Gasteiger partial charge is 0.337 e. The zero-order valence-electron chi connectivity index (χ0n) is 10.9. The molecule has 1 saturated heterocycles. The molecule has 1 aliphatic rings. The molecule has 3 nitrogen and oxygen atoms in total. The third-order valence-corrected chi connectivity index (χ3v) is 3.35. The molecule has 1 heterocycles. The second-order valence-corrected chi connectivity index (χ2v) is 4.50. The number of nitrogens with zero attached hydrogens (tertiary/aromatic N) is 2. The van der Waals surface area contributed by atoms with Gasteiger partial charge in [-0.25, -0.2) is 0 Å². The van der Waals surface area contributed by atoms with Crippen LogP contribution in [0.5, 0.6) is 0 Å². The summed E-state index contributed by atoms with van der Waals surface area (Å²) < 4.78 is 0. The van der Waals surface area contributed by atoms with Crippen molar-refractivity contribution in [1.29, 1.82) is 0 Å². The van der Waals surface area contributed by atoms with Gasteiger partial charge in [-0.3, -0.25) is 4.79 Å². The van der Waals surface area contributed by atoms with Gasteiger partial charge in [-0.1, -0.05) is 37.3 Å². The summed E-state index contributed by atoms with van der Waals surface area (Å²) in [5.41, 5.74) is 1.07. The van der Waals surface area contributed by atoms with E-state index in [0.29, 0.717) is 0 Å². The van der Waals surface area contributed by atoms with Crippen LogP contribution in [0.25, 0.3) is 6.08 Å². The summed E-state index contributed by atoms with van der Waals surface area (Å²) in [6.07, 6.45) is 3.56. The Kier molecular flexibility index (Phi) is 4.53. The maximum atomic E-state index is 12.0. The van der Waals surface area contributed by atoms with Crippen LogP contribution in [0.1, 0.15) is 12.5 Å². The summed E-state index contributed by atoms with van der Waals surface area (Å²) >= 11 is 0. The first-order valence-corrected chi connectivity index (χ1v) is 6.54. The lowest BCUT2D eigenvalue weighted by atomic mass is 10.2. The molecule has 0 radical (unpaired) electrons. The molecule has 0 saturated carbocycles. The number of carbonyl (C=O) groups is 1. The Labute approximate surface area is 109 Å². The van der Waals surface area contributed by atoms with Crippen LogP contribution >= 0.6 is 0 Å². The second kappa shape index (κ2) is 6.36. The summed E-state index contributed by atoms with van der Waals surface area (Å²) in [5.74, 6) is 0.120. The Hall–Kier alpha value is -1.61. The average molecular weight is 244 g/mol. The van der Waals surface area contributed by atoms with Gasteiger partial charge in [0.2, 0.25) is 5.91 Å². The number of hydrogen-bond acceptors (Lipinski definition) is 2. The highest BCUT2D eigenvalue weighted by Crippen LogP contribution is 2.05. The molecular weight excluding hydrogens is 224 g/mol. The summed E-state index contributed by atoms with van der Waals surface area (Å²) in [6, 6.07) is 9.93. The van der Waals surface area contributed by atoms with Crippen molar-refractivity contribution in [2.45, 2.75) is 6.92 Å². The lowest BCUT2D eigenvalue weighted by molar-refractivity contribution is -0.127.